The molecule has 0 spiro atoms. The molecule has 1 heterocycles. The standard InChI is InChI=1S/C19H27N3O2S/c1-12-17(13(2)23)19(22-18(21-12)15-8-9-15)25-11-16(24)20-10-14-6-4-3-5-7-14/h14-15H,3-11H2,1-2H3,(H,20,24). The third-order valence-corrected chi connectivity index (χ3v) is 6.00. The van der Waals surface area contributed by atoms with Crippen LogP contribution in [0.25, 0.3) is 0 Å². The van der Waals surface area contributed by atoms with Gasteiger partial charge in [0.1, 0.15) is 10.9 Å². The average Bonchev–Trinajstić information content (AvgIpc) is 3.43. The minimum atomic E-state index is -0.0371. The van der Waals surface area contributed by atoms with E-state index in [0.717, 1.165) is 30.9 Å². The quantitative estimate of drug-likeness (QED) is 0.456. The van der Waals surface area contributed by atoms with Gasteiger partial charge in [-0.25, -0.2) is 9.97 Å². The van der Waals surface area contributed by atoms with Crippen molar-refractivity contribution in [2.75, 3.05) is 12.3 Å². The zero-order valence-corrected chi connectivity index (χ0v) is 16.0. The van der Waals surface area contributed by atoms with Gasteiger partial charge in [0.2, 0.25) is 5.91 Å². The van der Waals surface area contributed by atoms with E-state index in [0.29, 0.717) is 28.2 Å². The topological polar surface area (TPSA) is 72.0 Å². The first-order chi connectivity index (χ1) is 12.0. The number of carbonyl (C=O) groups excluding carboxylic acids is 2. The van der Waals surface area contributed by atoms with Crippen molar-refractivity contribution in [3.63, 3.8) is 0 Å². The minimum Gasteiger partial charge on any atom is -0.355 e. The predicted molar refractivity (Wildman–Crippen MR) is 99.1 cm³/mol. The number of Topliss-reactive ketones (excluding diaryl/α,β-unsaturated/α-hetero) is 1. The van der Waals surface area contributed by atoms with E-state index in [-0.39, 0.29) is 11.7 Å². The second kappa shape index (κ2) is 8.30. The zero-order chi connectivity index (χ0) is 17.8. The molecule has 2 fully saturated rings. The summed E-state index contributed by atoms with van der Waals surface area (Å²) in [6.07, 6.45) is 8.55. The first-order valence-corrected chi connectivity index (χ1v) is 10.3. The van der Waals surface area contributed by atoms with Gasteiger partial charge in [-0.2, -0.15) is 0 Å². The maximum Gasteiger partial charge on any atom is 0.230 e. The Hall–Kier alpha value is -1.43. The number of rotatable bonds is 7. The Labute approximate surface area is 153 Å². The van der Waals surface area contributed by atoms with Gasteiger partial charge in [0, 0.05) is 12.5 Å². The third-order valence-electron chi connectivity index (χ3n) is 5.02. The molecule has 2 saturated carbocycles. The highest BCUT2D eigenvalue weighted by Gasteiger charge is 2.29. The van der Waals surface area contributed by atoms with Crippen molar-refractivity contribution in [1.82, 2.24) is 15.3 Å². The van der Waals surface area contributed by atoms with E-state index in [4.69, 9.17) is 0 Å². The molecule has 0 bridgehead atoms. The van der Waals surface area contributed by atoms with Gasteiger partial charge in [0.25, 0.3) is 0 Å². The first kappa shape index (κ1) is 18.4. The van der Waals surface area contributed by atoms with Crippen LogP contribution in [0.3, 0.4) is 0 Å². The molecule has 1 amide bonds. The van der Waals surface area contributed by atoms with E-state index in [1.165, 1.54) is 50.8 Å². The van der Waals surface area contributed by atoms with E-state index in [1.807, 2.05) is 6.92 Å². The fourth-order valence-electron chi connectivity index (χ4n) is 3.44. The molecule has 2 aliphatic carbocycles. The molecular weight excluding hydrogens is 334 g/mol. The van der Waals surface area contributed by atoms with Crippen molar-refractivity contribution >= 4 is 23.5 Å². The lowest BCUT2D eigenvalue weighted by atomic mass is 9.89. The molecule has 136 valence electrons. The van der Waals surface area contributed by atoms with Gasteiger partial charge in [0.15, 0.2) is 5.78 Å². The highest BCUT2D eigenvalue weighted by Crippen LogP contribution is 2.39. The number of nitrogens with zero attached hydrogens (tertiary/aromatic N) is 2. The Morgan fingerprint density at radius 1 is 1.12 bits per heavy atom. The van der Waals surface area contributed by atoms with Gasteiger partial charge in [-0.05, 0) is 45.4 Å². The minimum absolute atomic E-state index is 0.0225. The van der Waals surface area contributed by atoms with Gasteiger partial charge in [0.05, 0.1) is 17.0 Å². The van der Waals surface area contributed by atoms with Crippen molar-refractivity contribution in [2.45, 2.75) is 69.7 Å². The molecule has 6 heteroatoms. The highest BCUT2D eigenvalue weighted by molar-refractivity contribution is 8.00. The van der Waals surface area contributed by atoms with Gasteiger partial charge in [-0.1, -0.05) is 31.0 Å². The van der Waals surface area contributed by atoms with Gasteiger partial charge >= 0.3 is 0 Å². The Bertz CT molecular complexity index is 652. The number of hydrogen-bond donors (Lipinski definition) is 1. The summed E-state index contributed by atoms with van der Waals surface area (Å²) in [5.74, 6) is 2.16. The molecule has 0 saturated heterocycles. The van der Waals surface area contributed by atoms with Crippen LogP contribution in [-0.4, -0.2) is 34.0 Å². The number of amides is 1. The van der Waals surface area contributed by atoms with Gasteiger partial charge in [-0.15, -0.1) is 0 Å². The van der Waals surface area contributed by atoms with E-state index < -0.39 is 0 Å². The smallest absolute Gasteiger partial charge is 0.230 e. The largest absolute Gasteiger partial charge is 0.355 e. The van der Waals surface area contributed by atoms with Crippen LogP contribution < -0.4 is 5.32 Å². The van der Waals surface area contributed by atoms with Crippen LogP contribution in [-0.2, 0) is 4.79 Å². The van der Waals surface area contributed by atoms with Crippen LogP contribution in [0.4, 0.5) is 0 Å². The molecule has 0 atom stereocenters. The van der Waals surface area contributed by atoms with Crippen LogP contribution >= 0.6 is 11.8 Å². The summed E-state index contributed by atoms with van der Waals surface area (Å²) in [5, 5.41) is 3.71. The van der Waals surface area contributed by atoms with Crippen LogP contribution in [0.5, 0.6) is 0 Å². The van der Waals surface area contributed by atoms with Crippen molar-refractivity contribution in [2.24, 2.45) is 5.92 Å². The number of hydrogen-bond acceptors (Lipinski definition) is 5. The summed E-state index contributed by atoms with van der Waals surface area (Å²) < 4.78 is 0. The summed E-state index contributed by atoms with van der Waals surface area (Å²) in [5.41, 5.74) is 1.30. The Morgan fingerprint density at radius 3 is 2.48 bits per heavy atom. The summed E-state index contributed by atoms with van der Waals surface area (Å²) in [6, 6.07) is 0. The van der Waals surface area contributed by atoms with Crippen molar-refractivity contribution in [3.05, 3.63) is 17.1 Å². The summed E-state index contributed by atoms with van der Waals surface area (Å²) in [7, 11) is 0. The number of aromatic nitrogens is 2. The summed E-state index contributed by atoms with van der Waals surface area (Å²) in [4.78, 5) is 33.2. The van der Waals surface area contributed by atoms with E-state index in [9.17, 15) is 9.59 Å². The lowest BCUT2D eigenvalue weighted by Gasteiger charge is -2.21. The van der Waals surface area contributed by atoms with Gasteiger partial charge < -0.3 is 5.32 Å². The molecule has 0 unspecified atom stereocenters. The first-order valence-electron chi connectivity index (χ1n) is 9.33. The average molecular weight is 362 g/mol. The highest BCUT2D eigenvalue weighted by atomic mass is 32.2. The summed E-state index contributed by atoms with van der Waals surface area (Å²) >= 11 is 1.36. The van der Waals surface area contributed by atoms with Crippen LogP contribution in [0.2, 0.25) is 0 Å². The van der Waals surface area contributed by atoms with Crippen LogP contribution in [0.15, 0.2) is 5.03 Å². The predicted octanol–water partition coefficient (Wildman–Crippen LogP) is 3.65. The number of aryl methyl sites for hydroxylation is 1. The normalized spacial score (nSPS) is 18.2. The van der Waals surface area contributed by atoms with Crippen molar-refractivity contribution < 1.29 is 9.59 Å². The van der Waals surface area contributed by atoms with E-state index >= 15 is 0 Å². The maximum absolute atomic E-state index is 12.2. The molecule has 2 aliphatic rings. The fourth-order valence-corrected chi connectivity index (χ4v) is 4.40. The maximum atomic E-state index is 12.2. The molecule has 3 rings (SSSR count). The number of carbonyl (C=O) groups is 2. The lowest BCUT2D eigenvalue weighted by Crippen LogP contribution is -2.31. The van der Waals surface area contributed by atoms with E-state index in [1.54, 1.807) is 0 Å². The third kappa shape index (κ3) is 5.03. The van der Waals surface area contributed by atoms with Crippen molar-refractivity contribution in [1.29, 1.82) is 0 Å². The Morgan fingerprint density at radius 2 is 1.84 bits per heavy atom. The number of ketones is 1. The fraction of sp³-hybridized carbons (Fsp3) is 0.684. The second-order valence-electron chi connectivity index (χ2n) is 7.27. The Balaban J connectivity index is 1.59. The molecule has 1 aromatic rings. The second-order valence-corrected chi connectivity index (χ2v) is 8.24. The zero-order valence-electron chi connectivity index (χ0n) is 15.1. The molecule has 0 aliphatic heterocycles. The molecule has 0 aromatic carbocycles. The molecule has 1 aromatic heterocycles. The van der Waals surface area contributed by atoms with Crippen LogP contribution in [0.1, 0.15) is 79.7 Å². The monoisotopic (exact) mass is 361 g/mol. The SMILES string of the molecule is CC(=O)c1c(C)nc(C2CC2)nc1SCC(=O)NCC1CCCCC1. The van der Waals surface area contributed by atoms with Crippen molar-refractivity contribution in [3.8, 4) is 0 Å². The molecule has 5 nitrogen and oxygen atoms in total. The summed E-state index contributed by atoms with van der Waals surface area (Å²) in [6.45, 7) is 4.17. The van der Waals surface area contributed by atoms with Crippen LogP contribution in [0, 0.1) is 12.8 Å². The number of thioether (sulfide) groups is 1. The van der Waals surface area contributed by atoms with E-state index in [2.05, 4.69) is 15.3 Å². The molecule has 0 radical (unpaired) electrons. The molecule has 1 N–H and O–H groups in total. The molecular formula is C19H27N3O2S. The van der Waals surface area contributed by atoms with Gasteiger partial charge in [-0.3, -0.25) is 9.59 Å². The Kier molecular flexibility index (Phi) is 6.10. The lowest BCUT2D eigenvalue weighted by molar-refractivity contribution is -0.118. The molecule has 25 heavy (non-hydrogen) atoms. The number of nitrogens with one attached hydrogen (secondary N) is 1.